The number of anilines is 1. The molecule has 0 aliphatic heterocycles. The average Bonchev–Trinajstić information content (AvgIpc) is 2.45. The van der Waals surface area contributed by atoms with Crippen LogP contribution in [-0.4, -0.2) is 24.4 Å². The maximum Gasteiger partial charge on any atom is 0.153 e. The van der Waals surface area contributed by atoms with Crippen LogP contribution in [0.3, 0.4) is 0 Å². The molecule has 0 unspecified atom stereocenters. The van der Waals surface area contributed by atoms with Crippen molar-refractivity contribution in [1.29, 1.82) is 0 Å². The first-order chi connectivity index (χ1) is 9.30. The summed E-state index contributed by atoms with van der Waals surface area (Å²) in [7, 11) is 0. The third-order valence-electron chi connectivity index (χ3n) is 2.93. The smallest absolute Gasteiger partial charge is 0.153 e. The highest BCUT2D eigenvalue weighted by Crippen LogP contribution is 2.22. The number of terminal acetylenes is 1. The van der Waals surface area contributed by atoms with Gasteiger partial charge in [-0.2, -0.15) is 0 Å². The van der Waals surface area contributed by atoms with Gasteiger partial charge >= 0.3 is 0 Å². The first-order valence-corrected chi connectivity index (χ1v) is 6.33. The number of carbonyl (C=O) groups is 1. The number of rotatable bonds is 5. The SMILES string of the molecule is C#CCN(CCC)c1nc2ccccc2cc1C=O. The molecule has 0 spiro atoms. The molecule has 0 fully saturated rings. The zero-order valence-corrected chi connectivity index (χ0v) is 11.0. The molecular weight excluding hydrogens is 236 g/mol. The van der Waals surface area contributed by atoms with Crippen molar-refractivity contribution in [2.24, 2.45) is 0 Å². The number of benzene rings is 1. The fraction of sp³-hybridized carbons (Fsp3) is 0.250. The molecule has 96 valence electrons. The first kappa shape index (κ1) is 13.1. The number of hydrogen-bond acceptors (Lipinski definition) is 3. The van der Waals surface area contributed by atoms with E-state index in [-0.39, 0.29) is 0 Å². The molecule has 2 aromatic rings. The van der Waals surface area contributed by atoms with Crippen LogP contribution in [0.1, 0.15) is 23.7 Å². The standard InChI is InChI=1S/C16H16N2O/c1-3-9-18(10-4-2)16-14(12-19)11-13-7-5-6-8-15(13)17-16/h1,5-8,11-12H,4,9-10H2,2H3. The molecule has 0 atom stereocenters. The van der Waals surface area contributed by atoms with Crippen molar-refractivity contribution in [2.75, 3.05) is 18.0 Å². The summed E-state index contributed by atoms with van der Waals surface area (Å²) in [4.78, 5) is 17.8. The number of fused-ring (bicyclic) bond motifs is 1. The lowest BCUT2D eigenvalue weighted by molar-refractivity contribution is 0.112. The monoisotopic (exact) mass is 252 g/mol. The number of pyridine rings is 1. The molecule has 1 aromatic carbocycles. The minimum Gasteiger partial charge on any atom is -0.345 e. The first-order valence-electron chi connectivity index (χ1n) is 6.33. The molecule has 3 nitrogen and oxygen atoms in total. The molecule has 0 N–H and O–H groups in total. The second-order valence-electron chi connectivity index (χ2n) is 4.34. The molecule has 0 saturated carbocycles. The molecule has 0 radical (unpaired) electrons. The van der Waals surface area contributed by atoms with Crippen LogP contribution in [0.15, 0.2) is 30.3 Å². The van der Waals surface area contributed by atoms with E-state index in [9.17, 15) is 4.79 Å². The minimum atomic E-state index is 0.458. The molecule has 0 saturated heterocycles. The summed E-state index contributed by atoms with van der Waals surface area (Å²) in [5.41, 5.74) is 1.46. The van der Waals surface area contributed by atoms with E-state index < -0.39 is 0 Å². The van der Waals surface area contributed by atoms with Crippen molar-refractivity contribution in [1.82, 2.24) is 4.98 Å². The van der Waals surface area contributed by atoms with Crippen molar-refractivity contribution >= 4 is 23.0 Å². The van der Waals surface area contributed by atoms with E-state index in [2.05, 4.69) is 17.8 Å². The van der Waals surface area contributed by atoms with Gasteiger partial charge in [0.2, 0.25) is 0 Å². The average molecular weight is 252 g/mol. The largest absolute Gasteiger partial charge is 0.345 e. The predicted molar refractivity (Wildman–Crippen MR) is 78.5 cm³/mol. The van der Waals surface area contributed by atoms with Gasteiger partial charge in [0.05, 0.1) is 17.6 Å². The summed E-state index contributed by atoms with van der Waals surface area (Å²) in [5, 5.41) is 0.963. The van der Waals surface area contributed by atoms with Gasteiger partial charge in [-0.05, 0) is 18.6 Å². The lowest BCUT2D eigenvalue weighted by Crippen LogP contribution is -2.26. The van der Waals surface area contributed by atoms with Gasteiger partial charge in [0.25, 0.3) is 0 Å². The maximum absolute atomic E-state index is 11.3. The van der Waals surface area contributed by atoms with Gasteiger partial charge in [0.1, 0.15) is 5.82 Å². The molecule has 0 aliphatic rings. The van der Waals surface area contributed by atoms with E-state index in [1.165, 1.54) is 0 Å². The Morgan fingerprint density at radius 3 is 2.89 bits per heavy atom. The molecule has 0 bridgehead atoms. The second-order valence-corrected chi connectivity index (χ2v) is 4.34. The number of para-hydroxylation sites is 1. The third-order valence-corrected chi connectivity index (χ3v) is 2.93. The van der Waals surface area contributed by atoms with E-state index >= 15 is 0 Å². The van der Waals surface area contributed by atoms with Crippen LogP contribution < -0.4 is 4.90 Å². The fourth-order valence-corrected chi connectivity index (χ4v) is 2.10. The normalized spacial score (nSPS) is 10.1. The summed E-state index contributed by atoms with van der Waals surface area (Å²) in [6.07, 6.45) is 7.19. The number of hydrogen-bond donors (Lipinski definition) is 0. The van der Waals surface area contributed by atoms with E-state index in [0.717, 1.165) is 30.2 Å². The zero-order valence-electron chi connectivity index (χ0n) is 11.0. The molecule has 2 rings (SSSR count). The van der Waals surface area contributed by atoms with E-state index in [0.29, 0.717) is 17.9 Å². The maximum atomic E-state index is 11.3. The Kier molecular flexibility index (Phi) is 4.15. The minimum absolute atomic E-state index is 0.458. The Bertz CT molecular complexity index is 628. The lowest BCUT2D eigenvalue weighted by atomic mass is 10.1. The van der Waals surface area contributed by atoms with Gasteiger partial charge in [-0.3, -0.25) is 4.79 Å². The van der Waals surface area contributed by atoms with Crippen LogP contribution in [0, 0.1) is 12.3 Å². The molecule has 0 aliphatic carbocycles. The Hall–Kier alpha value is -2.34. The summed E-state index contributed by atoms with van der Waals surface area (Å²) in [6, 6.07) is 9.62. The van der Waals surface area contributed by atoms with Gasteiger partial charge in [0.15, 0.2) is 6.29 Å². The van der Waals surface area contributed by atoms with Crippen LogP contribution in [0.4, 0.5) is 5.82 Å². The lowest BCUT2D eigenvalue weighted by Gasteiger charge is -2.22. The van der Waals surface area contributed by atoms with E-state index in [1.54, 1.807) is 0 Å². The van der Waals surface area contributed by atoms with Crippen LogP contribution in [0.25, 0.3) is 10.9 Å². The Morgan fingerprint density at radius 2 is 2.21 bits per heavy atom. The quantitative estimate of drug-likeness (QED) is 0.606. The number of nitrogens with zero attached hydrogens (tertiary/aromatic N) is 2. The summed E-state index contributed by atoms with van der Waals surface area (Å²) < 4.78 is 0. The van der Waals surface area contributed by atoms with Crippen molar-refractivity contribution in [3.63, 3.8) is 0 Å². The highest BCUT2D eigenvalue weighted by Gasteiger charge is 2.12. The molecule has 0 amide bonds. The van der Waals surface area contributed by atoms with Gasteiger partial charge in [-0.15, -0.1) is 6.42 Å². The van der Waals surface area contributed by atoms with Gasteiger partial charge < -0.3 is 4.90 Å². The van der Waals surface area contributed by atoms with Crippen molar-refractivity contribution in [3.05, 3.63) is 35.9 Å². The molecule has 1 aromatic heterocycles. The topological polar surface area (TPSA) is 33.2 Å². The second kappa shape index (κ2) is 6.01. The number of carbonyl (C=O) groups excluding carboxylic acids is 1. The Balaban J connectivity index is 2.56. The van der Waals surface area contributed by atoms with Crippen LogP contribution in [0.2, 0.25) is 0 Å². The van der Waals surface area contributed by atoms with E-state index in [1.807, 2.05) is 35.2 Å². The highest BCUT2D eigenvalue weighted by molar-refractivity contribution is 5.91. The van der Waals surface area contributed by atoms with Gasteiger partial charge in [-0.25, -0.2) is 4.98 Å². The summed E-state index contributed by atoms with van der Waals surface area (Å²) >= 11 is 0. The van der Waals surface area contributed by atoms with Crippen LogP contribution in [-0.2, 0) is 0 Å². The van der Waals surface area contributed by atoms with Crippen molar-refractivity contribution in [2.45, 2.75) is 13.3 Å². The fourth-order valence-electron chi connectivity index (χ4n) is 2.10. The van der Waals surface area contributed by atoms with Gasteiger partial charge in [0, 0.05) is 11.9 Å². The third kappa shape index (κ3) is 2.74. The van der Waals surface area contributed by atoms with Crippen LogP contribution >= 0.6 is 0 Å². The number of aromatic nitrogens is 1. The molecular formula is C16H16N2O. The zero-order chi connectivity index (χ0) is 13.7. The summed E-state index contributed by atoms with van der Waals surface area (Å²) in [6.45, 7) is 3.32. The van der Waals surface area contributed by atoms with Crippen molar-refractivity contribution in [3.8, 4) is 12.3 Å². The predicted octanol–water partition coefficient (Wildman–Crippen LogP) is 2.90. The Morgan fingerprint density at radius 1 is 1.42 bits per heavy atom. The van der Waals surface area contributed by atoms with Gasteiger partial charge in [-0.1, -0.05) is 31.0 Å². The van der Waals surface area contributed by atoms with Crippen LogP contribution in [0.5, 0.6) is 0 Å². The Labute approximate surface area is 113 Å². The van der Waals surface area contributed by atoms with E-state index in [4.69, 9.17) is 6.42 Å². The van der Waals surface area contributed by atoms with Crippen molar-refractivity contribution < 1.29 is 4.79 Å². The number of aldehydes is 1. The molecule has 19 heavy (non-hydrogen) atoms. The molecule has 1 heterocycles. The summed E-state index contributed by atoms with van der Waals surface area (Å²) in [5.74, 6) is 3.29. The molecule has 3 heteroatoms. The highest BCUT2D eigenvalue weighted by atomic mass is 16.1.